The van der Waals surface area contributed by atoms with Gasteiger partial charge < -0.3 is 9.47 Å². The maximum absolute atomic E-state index is 6.37. The average Bonchev–Trinajstić information content (AvgIpc) is 3.00. The van der Waals surface area contributed by atoms with Gasteiger partial charge >= 0.3 is 0 Å². The number of aromatic nitrogens is 4. The van der Waals surface area contributed by atoms with E-state index in [0.717, 1.165) is 29.0 Å². The lowest BCUT2D eigenvalue weighted by Crippen LogP contribution is -1.97. The third kappa shape index (κ3) is 2.88. The SMILES string of the molecule is Clc1ccccc1-c1ccnc2nc(-c3ccc4c(c3)OCCCO4)nn12. The minimum Gasteiger partial charge on any atom is -0.490 e. The van der Waals surface area contributed by atoms with Crippen molar-refractivity contribution in [3.8, 4) is 34.1 Å². The van der Waals surface area contributed by atoms with E-state index in [1.165, 1.54) is 0 Å². The molecule has 4 aromatic rings. The van der Waals surface area contributed by atoms with Crippen molar-refractivity contribution in [1.82, 2.24) is 19.6 Å². The topological polar surface area (TPSA) is 61.5 Å². The molecule has 2 aromatic heterocycles. The first kappa shape index (κ1) is 16.1. The summed E-state index contributed by atoms with van der Waals surface area (Å²) in [4.78, 5) is 8.91. The van der Waals surface area contributed by atoms with Gasteiger partial charge in [-0.25, -0.2) is 4.98 Å². The van der Waals surface area contributed by atoms with Gasteiger partial charge in [0, 0.05) is 28.8 Å². The highest BCUT2D eigenvalue weighted by Gasteiger charge is 2.16. The van der Waals surface area contributed by atoms with E-state index in [4.69, 9.17) is 21.1 Å². The highest BCUT2D eigenvalue weighted by atomic mass is 35.5. The Hall–Kier alpha value is -3.12. The summed E-state index contributed by atoms with van der Waals surface area (Å²) >= 11 is 6.37. The molecular formula is C20H15ClN4O2. The van der Waals surface area contributed by atoms with E-state index in [2.05, 4.69) is 15.1 Å². The summed E-state index contributed by atoms with van der Waals surface area (Å²) in [5, 5.41) is 5.31. The molecule has 27 heavy (non-hydrogen) atoms. The summed E-state index contributed by atoms with van der Waals surface area (Å²) in [6.45, 7) is 1.29. The number of rotatable bonds is 2. The molecular weight excluding hydrogens is 364 g/mol. The fraction of sp³-hybridized carbons (Fsp3) is 0.150. The smallest absolute Gasteiger partial charge is 0.253 e. The summed E-state index contributed by atoms with van der Waals surface area (Å²) in [7, 11) is 0. The fourth-order valence-electron chi connectivity index (χ4n) is 3.09. The zero-order valence-corrected chi connectivity index (χ0v) is 15.1. The predicted octanol–water partition coefficient (Wildman–Crippen LogP) is 4.27. The summed E-state index contributed by atoms with van der Waals surface area (Å²) in [6, 6.07) is 15.2. The first-order valence-electron chi connectivity index (χ1n) is 8.66. The van der Waals surface area contributed by atoms with Gasteiger partial charge in [0.25, 0.3) is 5.78 Å². The largest absolute Gasteiger partial charge is 0.490 e. The molecule has 2 aromatic carbocycles. The Balaban J connectivity index is 1.63. The number of halogens is 1. The third-order valence-electron chi connectivity index (χ3n) is 4.40. The predicted molar refractivity (Wildman–Crippen MR) is 102 cm³/mol. The van der Waals surface area contributed by atoms with Crippen LogP contribution in [-0.4, -0.2) is 32.8 Å². The highest BCUT2D eigenvalue weighted by molar-refractivity contribution is 6.33. The van der Waals surface area contributed by atoms with Gasteiger partial charge in [0.15, 0.2) is 17.3 Å². The molecule has 1 aliphatic rings. The molecule has 1 aliphatic heterocycles. The Morgan fingerprint density at radius 1 is 0.963 bits per heavy atom. The van der Waals surface area contributed by atoms with Crippen molar-refractivity contribution in [1.29, 1.82) is 0 Å². The van der Waals surface area contributed by atoms with Crippen LogP contribution in [0.4, 0.5) is 0 Å². The number of hydrogen-bond acceptors (Lipinski definition) is 5. The van der Waals surface area contributed by atoms with E-state index in [1.54, 1.807) is 10.7 Å². The monoisotopic (exact) mass is 378 g/mol. The quantitative estimate of drug-likeness (QED) is 0.521. The van der Waals surface area contributed by atoms with E-state index < -0.39 is 0 Å². The summed E-state index contributed by atoms with van der Waals surface area (Å²) in [6.07, 6.45) is 2.57. The maximum atomic E-state index is 6.37. The standard InChI is InChI=1S/C20H15ClN4O2/c21-15-5-2-1-4-14(15)16-8-9-22-20-23-19(24-25(16)20)13-6-7-17-18(12-13)27-11-3-10-26-17/h1-2,4-9,12H,3,10-11H2. The molecule has 0 N–H and O–H groups in total. The number of nitrogens with zero attached hydrogens (tertiary/aromatic N) is 4. The average molecular weight is 379 g/mol. The van der Waals surface area contributed by atoms with Crippen molar-refractivity contribution in [2.45, 2.75) is 6.42 Å². The lowest BCUT2D eigenvalue weighted by molar-refractivity contribution is 0.297. The lowest BCUT2D eigenvalue weighted by Gasteiger charge is -2.07. The van der Waals surface area contributed by atoms with Crippen molar-refractivity contribution in [2.24, 2.45) is 0 Å². The Morgan fingerprint density at radius 2 is 1.81 bits per heavy atom. The van der Waals surface area contributed by atoms with Crippen LogP contribution in [0.15, 0.2) is 54.7 Å². The van der Waals surface area contributed by atoms with Gasteiger partial charge in [0.2, 0.25) is 0 Å². The molecule has 134 valence electrons. The third-order valence-corrected chi connectivity index (χ3v) is 4.73. The second kappa shape index (κ2) is 6.55. The van der Waals surface area contributed by atoms with Gasteiger partial charge in [0.1, 0.15) is 0 Å². The molecule has 6 nitrogen and oxygen atoms in total. The molecule has 0 bridgehead atoms. The van der Waals surface area contributed by atoms with Gasteiger partial charge in [-0.2, -0.15) is 9.50 Å². The molecule has 3 heterocycles. The van der Waals surface area contributed by atoms with Crippen LogP contribution in [0.1, 0.15) is 6.42 Å². The molecule has 0 saturated carbocycles. The zero-order chi connectivity index (χ0) is 18.2. The lowest BCUT2D eigenvalue weighted by atomic mass is 10.1. The Bertz CT molecular complexity index is 1140. The molecule has 0 spiro atoms. The highest BCUT2D eigenvalue weighted by Crippen LogP contribution is 2.34. The van der Waals surface area contributed by atoms with E-state index in [-0.39, 0.29) is 0 Å². The van der Waals surface area contributed by atoms with Gasteiger partial charge in [-0.3, -0.25) is 0 Å². The van der Waals surface area contributed by atoms with Gasteiger partial charge in [-0.1, -0.05) is 29.8 Å². The number of benzene rings is 2. The minimum absolute atomic E-state index is 0.509. The normalized spacial score (nSPS) is 13.5. The van der Waals surface area contributed by atoms with Crippen molar-refractivity contribution in [3.63, 3.8) is 0 Å². The molecule has 5 rings (SSSR count). The van der Waals surface area contributed by atoms with Crippen molar-refractivity contribution < 1.29 is 9.47 Å². The van der Waals surface area contributed by atoms with Crippen LogP contribution in [0.5, 0.6) is 11.5 Å². The maximum Gasteiger partial charge on any atom is 0.253 e. The molecule has 0 radical (unpaired) electrons. The summed E-state index contributed by atoms with van der Waals surface area (Å²) < 4.78 is 13.2. The Kier molecular flexibility index (Phi) is 3.90. The molecule has 0 amide bonds. The van der Waals surface area contributed by atoms with Crippen LogP contribution in [0.3, 0.4) is 0 Å². The second-order valence-corrected chi connectivity index (χ2v) is 6.58. The Labute approximate surface area is 160 Å². The van der Waals surface area contributed by atoms with Crippen LogP contribution in [0, 0.1) is 0 Å². The van der Waals surface area contributed by atoms with E-state index in [0.29, 0.717) is 35.6 Å². The zero-order valence-electron chi connectivity index (χ0n) is 14.3. The van der Waals surface area contributed by atoms with Crippen molar-refractivity contribution >= 4 is 17.4 Å². The van der Waals surface area contributed by atoms with Crippen LogP contribution >= 0.6 is 11.6 Å². The second-order valence-electron chi connectivity index (χ2n) is 6.17. The number of fused-ring (bicyclic) bond motifs is 2. The van der Waals surface area contributed by atoms with Crippen molar-refractivity contribution in [2.75, 3.05) is 13.2 Å². The number of hydrogen-bond donors (Lipinski definition) is 0. The van der Waals surface area contributed by atoms with Gasteiger partial charge in [-0.05, 0) is 30.3 Å². The fourth-order valence-corrected chi connectivity index (χ4v) is 3.32. The van der Waals surface area contributed by atoms with Crippen LogP contribution < -0.4 is 9.47 Å². The molecule has 7 heteroatoms. The van der Waals surface area contributed by atoms with E-state index >= 15 is 0 Å². The molecule has 0 aliphatic carbocycles. The van der Waals surface area contributed by atoms with Gasteiger partial charge in [-0.15, -0.1) is 5.10 Å². The first-order valence-corrected chi connectivity index (χ1v) is 9.04. The van der Waals surface area contributed by atoms with Crippen LogP contribution in [-0.2, 0) is 0 Å². The molecule has 0 saturated heterocycles. The van der Waals surface area contributed by atoms with Gasteiger partial charge in [0.05, 0.1) is 18.9 Å². The van der Waals surface area contributed by atoms with Crippen LogP contribution in [0.2, 0.25) is 5.02 Å². The molecule has 0 unspecified atom stereocenters. The number of ether oxygens (including phenoxy) is 2. The summed E-state index contributed by atoms with van der Waals surface area (Å²) in [5.41, 5.74) is 2.55. The molecule has 0 fully saturated rings. The van der Waals surface area contributed by atoms with Crippen LogP contribution in [0.25, 0.3) is 28.4 Å². The van der Waals surface area contributed by atoms with E-state index in [9.17, 15) is 0 Å². The first-order chi connectivity index (χ1) is 13.3. The summed E-state index contributed by atoms with van der Waals surface area (Å²) in [5.74, 6) is 2.53. The Morgan fingerprint density at radius 3 is 2.70 bits per heavy atom. The van der Waals surface area contributed by atoms with Crippen molar-refractivity contribution in [3.05, 3.63) is 59.8 Å². The van der Waals surface area contributed by atoms with E-state index in [1.807, 2.05) is 48.5 Å². The molecule has 0 atom stereocenters. The minimum atomic E-state index is 0.509.